The Morgan fingerprint density at radius 2 is 1.51 bits per heavy atom. The highest BCUT2D eigenvalue weighted by Gasteiger charge is 2.23. The van der Waals surface area contributed by atoms with Gasteiger partial charge in [-0.3, -0.25) is 15.0 Å². The third kappa shape index (κ3) is 7.89. The Balaban J connectivity index is 1.51. The molecule has 0 saturated carbocycles. The van der Waals surface area contributed by atoms with Crippen LogP contribution in [0.2, 0.25) is 0 Å². The summed E-state index contributed by atoms with van der Waals surface area (Å²) in [5.41, 5.74) is 3.51. The maximum absolute atomic E-state index is 11.9. The molecule has 7 nitrogen and oxygen atoms in total. The summed E-state index contributed by atoms with van der Waals surface area (Å²) in [4.78, 5) is 13.6. The molecule has 4 rings (SSSR count). The number of nitro benzene ring substituents is 1. The first-order valence-corrected chi connectivity index (χ1v) is 13.0. The molecule has 0 aliphatic carbocycles. The van der Waals surface area contributed by atoms with Crippen LogP contribution in [-0.4, -0.2) is 34.6 Å². The van der Waals surface area contributed by atoms with Crippen molar-refractivity contribution in [3.8, 4) is 11.5 Å². The van der Waals surface area contributed by atoms with Gasteiger partial charge in [-0.25, -0.2) is 0 Å². The predicted octanol–water partition coefficient (Wildman–Crippen LogP) is 6.35. The minimum Gasteiger partial charge on any atom is -0.497 e. The molecule has 1 N–H and O–H groups in total. The number of nitrogens with zero attached hydrogens (tertiary/aromatic N) is 2. The molecule has 4 aromatic rings. The van der Waals surface area contributed by atoms with E-state index >= 15 is 0 Å². The van der Waals surface area contributed by atoms with Crippen LogP contribution < -0.4 is 9.47 Å². The van der Waals surface area contributed by atoms with Crippen LogP contribution >= 0.6 is 0 Å². The highest BCUT2D eigenvalue weighted by molar-refractivity contribution is 5.49. The molecule has 0 amide bonds. The van der Waals surface area contributed by atoms with Crippen LogP contribution in [0, 0.1) is 10.1 Å². The maximum Gasteiger partial charge on any atom is 0.311 e. The first-order valence-electron chi connectivity index (χ1n) is 13.0. The quantitative estimate of drug-likeness (QED) is 0.161. The SMILES string of the molecule is COc1ccc(C[C@H](C)N(Cc2ccccc2)C[C@@H](O)c2ccc(OCc3ccccc3)c([N+](=O)[O-])c2)cc1. The van der Waals surface area contributed by atoms with E-state index in [4.69, 9.17) is 9.47 Å². The molecule has 0 aliphatic rings. The van der Waals surface area contributed by atoms with Crippen molar-refractivity contribution in [2.45, 2.75) is 38.6 Å². The van der Waals surface area contributed by atoms with Gasteiger partial charge in [-0.2, -0.15) is 0 Å². The number of aliphatic hydroxyl groups excluding tert-OH is 1. The zero-order valence-electron chi connectivity index (χ0n) is 22.3. The van der Waals surface area contributed by atoms with Gasteiger partial charge in [-0.15, -0.1) is 0 Å². The van der Waals surface area contributed by atoms with Crippen molar-refractivity contribution in [3.05, 3.63) is 135 Å². The van der Waals surface area contributed by atoms with Gasteiger partial charge in [0.1, 0.15) is 12.4 Å². The van der Waals surface area contributed by atoms with Crippen molar-refractivity contribution in [3.63, 3.8) is 0 Å². The molecule has 0 unspecified atom stereocenters. The third-order valence-electron chi connectivity index (χ3n) is 6.75. The molecule has 0 heterocycles. The summed E-state index contributed by atoms with van der Waals surface area (Å²) < 4.78 is 11.0. The number of nitro groups is 1. The van der Waals surface area contributed by atoms with Gasteiger partial charge in [0.2, 0.25) is 0 Å². The molecule has 0 radical (unpaired) electrons. The van der Waals surface area contributed by atoms with Gasteiger partial charge in [0.15, 0.2) is 5.75 Å². The van der Waals surface area contributed by atoms with Crippen LogP contribution in [-0.2, 0) is 19.6 Å². The third-order valence-corrected chi connectivity index (χ3v) is 6.75. The number of hydrogen-bond acceptors (Lipinski definition) is 6. The number of hydrogen-bond donors (Lipinski definition) is 1. The van der Waals surface area contributed by atoms with Crippen LogP contribution in [0.1, 0.15) is 35.3 Å². The summed E-state index contributed by atoms with van der Waals surface area (Å²) in [5.74, 6) is 0.981. The lowest BCUT2D eigenvalue weighted by Crippen LogP contribution is -2.37. The standard InChI is InChI=1S/C32H34N2O5/c1-24(19-25-13-16-29(38-2)17-14-25)33(21-26-9-5-3-6-10-26)22-31(35)28-15-18-32(30(20-28)34(36)37)39-23-27-11-7-4-8-12-27/h3-18,20,24,31,35H,19,21-23H2,1-2H3/t24-,31+/m0/s1. The van der Waals surface area contributed by atoms with E-state index in [-0.39, 0.29) is 24.1 Å². The Kier molecular flexibility index (Phi) is 9.67. The van der Waals surface area contributed by atoms with Crippen molar-refractivity contribution < 1.29 is 19.5 Å². The fourth-order valence-corrected chi connectivity index (χ4v) is 4.52. The van der Waals surface area contributed by atoms with E-state index in [2.05, 4.69) is 24.0 Å². The zero-order chi connectivity index (χ0) is 27.6. The normalized spacial score (nSPS) is 12.6. The Morgan fingerprint density at radius 3 is 2.13 bits per heavy atom. The zero-order valence-corrected chi connectivity index (χ0v) is 22.3. The van der Waals surface area contributed by atoms with Crippen LogP contribution in [0.3, 0.4) is 0 Å². The smallest absolute Gasteiger partial charge is 0.311 e. The van der Waals surface area contributed by atoms with E-state index in [1.54, 1.807) is 19.2 Å². The van der Waals surface area contributed by atoms with Gasteiger partial charge < -0.3 is 14.6 Å². The molecule has 7 heteroatoms. The van der Waals surface area contributed by atoms with E-state index < -0.39 is 11.0 Å². The maximum atomic E-state index is 11.9. The van der Waals surface area contributed by atoms with Crippen molar-refractivity contribution in [1.82, 2.24) is 4.90 Å². The number of ether oxygens (including phenoxy) is 2. The van der Waals surface area contributed by atoms with Crippen molar-refractivity contribution in [1.29, 1.82) is 0 Å². The second-order valence-electron chi connectivity index (χ2n) is 9.59. The second kappa shape index (κ2) is 13.6. The highest BCUT2D eigenvalue weighted by Crippen LogP contribution is 2.32. The lowest BCUT2D eigenvalue weighted by atomic mass is 10.0. The summed E-state index contributed by atoms with van der Waals surface area (Å²) in [6, 6.07) is 32.3. The number of benzene rings is 4. The fourth-order valence-electron chi connectivity index (χ4n) is 4.52. The molecular weight excluding hydrogens is 492 g/mol. The average molecular weight is 527 g/mol. The Hall–Kier alpha value is -4.20. The Labute approximate surface area is 229 Å². The molecule has 4 aromatic carbocycles. The first kappa shape index (κ1) is 27.8. The van der Waals surface area contributed by atoms with E-state index in [0.29, 0.717) is 18.7 Å². The Morgan fingerprint density at radius 1 is 0.872 bits per heavy atom. The van der Waals surface area contributed by atoms with Gasteiger partial charge in [0, 0.05) is 25.2 Å². The molecule has 0 spiro atoms. The summed E-state index contributed by atoms with van der Waals surface area (Å²) in [5, 5.41) is 23.1. The van der Waals surface area contributed by atoms with E-state index in [1.807, 2.05) is 72.8 Å². The van der Waals surface area contributed by atoms with E-state index in [9.17, 15) is 15.2 Å². The van der Waals surface area contributed by atoms with Gasteiger partial charge in [0.25, 0.3) is 0 Å². The van der Waals surface area contributed by atoms with Crippen molar-refractivity contribution in [2.24, 2.45) is 0 Å². The molecule has 0 aromatic heterocycles. The van der Waals surface area contributed by atoms with E-state index in [1.165, 1.54) is 6.07 Å². The summed E-state index contributed by atoms with van der Waals surface area (Å²) in [6.07, 6.45) is -0.149. The molecule has 0 aliphatic heterocycles. The monoisotopic (exact) mass is 526 g/mol. The Bertz CT molecular complexity index is 1330. The summed E-state index contributed by atoms with van der Waals surface area (Å²) in [6.45, 7) is 3.29. The summed E-state index contributed by atoms with van der Waals surface area (Å²) >= 11 is 0. The van der Waals surface area contributed by atoms with Gasteiger partial charge >= 0.3 is 5.69 Å². The lowest BCUT2D eigenvalue weighted by Gasteiger charge is -2.31. The fraction of sp³-hybridized carbons (Fsp3) is 0.250. The minimum atomic E-state index is -0.922. The van der Waals surface area contributed by atoms with Crippen LogP contribution in [0.25, 0.3) is 0 Å². The number of rotatable bonds is 13. The molecule has 2 atom stereocenters. The topological polar surface area (TPSA) is 85.1 Å². The molecular formula is C32H34N2O5. The molecule has 202 valence electrons. The second-order valence-corrected chi connectivity index (χ2v) is 9.59. The van der Waals surface area contributed by atoms with Gasteiger partial charge in [0.05, 0.1) is 18.1 Å². The van der Waals surface area contributed by atoms with Crippen molar-refractivity contribution >= 4 is 5.69 Å². The first-order chi connectivity index (χ1) is 18.9. The molecule has 0 fully saturated rings. The van der Waals surface area contributed by atoms with Crippen LogP contribution in [0.5, 0.6) is 11.5 Å². The molecule has 0 bridgehead atoms. The van der Waals surface area contributed by atoms with Gasteiger partial charge in [-0.1, -0.05) is 78.9 Å². The molecule has 0 saturated heterocycles. The lowest BCUT2D eigenvalue weighted by molar-refractivity contribution is -0.386. The molecule has 39 heavy (non-hydrogen) atoms. The average Bonchev–Trinajstić information content (AvgIpc) is 2.97. The van der Waals surface area contributed by atoms with Crippen molar-refractivity contribution in [2.75, 3.05) is 13.7 Å². The predicted molar refractivity (Wildman–Crippen MR) is 152 cm³/mol. The highest BCUT2D eigenvalue weighted by atomic mass is 16.6. The number of aliphatic hydroxyl groups is 1. The van der Waals surface area contributed by atoms with Crippen LogP contribution in [0.4, 0.5) is 5.69 Å². The van der Waals surface area contributed by atoms with Crippen LogP contribution in [0.15, 0.2) is 103 Å². The van der Waals surface area contributed by atoms with Gasteiger partial charge in [-0.05, 0) is 53.8 Å². The minimum absolute atomic E-state index is 0.0942. The largest absolute Gasteiger partial charge is 0.497 e. The number of methoxy groups -OCH3 is 1. The van der Waals surface area contributed by atoms with E-state index in [0.717, 1.165) is 28.9 Å². The summed E-state index contributed by atoms with van der Waals surface area (Å²) in [7, 11) is 1.65.